The Morgan fingerprint density at radius 3 is 2.34 bits per heavy atom. The Kier molecular flexibility index (Phi) is 13.8. The summed E-state index contributed by atoms with van der Waals surface area (Å²) in [6, 6.07) is 8.76. The monoisotopic (exact) mass is 570 g/mol. The van der Waals surface area contributed by atoms with Crippen LogP contribution in [0.1, 0.15) is 64.9 Å². The van der Waals surface area contributed by atoms with Crippen LogP contribution in [-0.2, 0) is 35.1 Å². The number of rotatable bonds is 16. The number of carbonyl (C=O) groups is 4. The van der Waals surface area contributed by atoms with Gasteiger partial charge in [0.2, 0.25) is 11.8 Å². The molecule has 0 unspecified atom stereocenters. The fourth-order valence-electron chi connectivity index (χ4n) is 4.92. The van der Waals surface area contributed by atoms with Crippen molar-refractivity contribution in [2.24, 2.45) is 11.8 Å². The quantitative estimate of drug-likeness (QED) is 0.229. The number of esters is 2. The van der Waals surface area contributed by atoms with Crippen molar-refractivity contribution in [1.82, 2.24) is 10.2 Å². The molecule has 9 heteroatoms. The van der Waals surface area contributed by atoms with Crippen LogP contribution in [0.5, 0.6) is 0 Å². The molecule has 1 saturated heterocycles. The molecule has 2 N–H and O–H groups in total. The predicted octanol–water partition coefficient (Wildman–Crippen LogP) is 3.75. The molecule has 9 nitrogen and oxygen atoms in total. The lowest BCUT2D eigenvalue weighted by Gasteiger charge is -2.29. The van der Waals surface area contributed by atoms with Crippen molar-refractivity contribution in [2.75, 3.05) is 19.8 Å². The van der Waals surface area contributed by atoms with Crippen LogP contribution in [-0.4, -0.2) is 71.2 Å². The Hall–Kier alpha value is -3.46. The van der Waals surface area contributed by atoms with E-state index < -0.39 is 35.4 Å². The first-order valence-electron chi connectivity index (χ1n) is 14.3. The number of nitrogens with one attached hydrogen (secondary N) is 1. The van der Waals surface area contributed by atoms with Crippen LogP contribution in [0.3, 0.4) is 0 Å². The second-order valence-corrected chi connectivity index (χ2v) is 11.5. The molecule has 4 atom stereocenters. The lowest BCUT2D eigenvalue weighted by molar-refractivity contribution is -0.162. The zero-order valence-electron chi connectivity index (χ0n) is 24.7. The van der Waals surface area contributed by atoms with Gasteiger partial charge in [0.05, 0.1) is 36.9 Å². The minimum absolute atomic E-state index is 0.00318. The van der Waals surface area contributed by atoms with Gasteiger partial charge in [-0.05, 0) is 58.4 Å². The number of hydrogen-bond acceptors (Lipinski definition) is 7. The number of benzene rings is 1. The summed E-state index contributed by atoms with van der Waals surface area (Å²) in [5, 5.41) is 12.6. The van der Waals surface area contributed by atoms with E-state index in [2.05, 4.69) is 18.5 Å². The maximum atomic E-state index is 13.5. The SMILES string of the molecule is C=CC[C@@H](CC(=O)OC(C)(C)C)C(=O)OC[C@H]1CCCN1C(=O)[C@@H](CC=C)CC(=O)N[C@H](CO)Cc1ccccc1. The first-order chi connectivity index (χ1) is 19.5. The average Bonchev–Trinajstić information content (AvgIpc) is 3.38. The van der Waals surface area contributed by atoms with E-state index >= 15 is 0 Å². The van der Waals surface area contributed by atoms with Crippen LogP contribution < -0.4 is 5.32 Å². The van der Waals surface area contributed by atoms with Crippen molar-refractivity contribution < 1.29 is 33.8 Å². The van der Waals surface area contributed by atoms with Crippen LogP contribution in [0.15, 0.2) is 55.6 Å². The first-order valence-corrected chi connectivity index (χ1v) is 14.3. The minimum atomic E-state index is -0.722. The Labute approximate surface area is 244 Å². The van der Waals surface area contributed by atoms with Crippen molar-refractivity contribution in [3.63, 3.8) is 0 Å². The van der Waals surface area contributed by atoms with E-state index in [4.69, 9.17) is 9.47 Å². The van der Waals surface area contributed by atoms with Crippen LogP contribution in [0.2, 0.25) is 0 Å². The van der Waals surface area contributed by atoms with Crippen molar-refractivity contribution in [3.05, 3.63) is 61.2 Å². The van der Waals surface area contributed by atoms with Gasteiger partial charge in [-0.1, -0.05) is 42.5 Å². The van der Waals surface area contributed by atoms with Crippen molar-refractivity contribution in [1.29, 1.82) is 0 Å². The van der Waals surface area contributed by atoms with Gasteiger partial charge >= 0.3 is 11.9 Å². The van der Waals surface area contributed by atoms with Gasteiger partial charge in [0.1, 0.15) is 12.2 Å². The van der Waals surface area contributed by atoms with Gasteiger partial charge in [0, 0.05) is 13.0 Å². The summed E-state index contributed by atoms with van der Waals surface area (Å²) in [7, 11) is 0. The van der Waals surface area contributed by atoms with E-state index in [0.717, 1.165) is 12.0 Å². The van der Waals surface area contributed by atoms with Crippen LogP contribution >= 0.6 is 0 Å². The molecule has 2 rings (SSSR count). The molecule has 1 heterocycles. The summed E-state index contributed by atoms with van der Waals surface area (Å²) in [5.41, 5.74) is 0.325. The van der Waals surface area contributed by atoms with Crippen LogP contribution in [0, 0.1) is 11.8 Å². The molecule has 2 amide bonds. The summed E-state index contributed by atoms with van der Waals surface area (Å²) >= 11 is 0. The molecule has 1 aromatic rings. The maximum absolute atomic E-state index is 13.5. The van der Waals surface area contributed by atoms with Crippen molar-refractivity contribution >= 4 is 23.8 Å². The fourth-order valence-corrected chi connectivity index (χ4v) is 4.92. The summed E-state index contributed by atoms with van der Waals surface area (Å²) in [4.78, 5) is 53.2. The van der Waals surface area contributed by atoms with Crippen LogP contribution in [0.4, 0.5) is 0 Å². The molecule has 41 heavy (non-hydrogen) atoms. The molecular weight excluding hydrogens is 524 g/mol. The van der Waals surface area contributed by atoms with Crippen LogP contribution in [0.25, 0.3) is 0 Å². The number of ether oxygens (including phenoxy) is 2. The number of likely N-dealkylation sites (tertiary alicyclic amines) is 1. The Morgan fingerprint density at radius 1 is 1.07 bits per heavy atom. The van der Waals surface area contributed by atoms with Crippen molar-refractivity contribution in [2.45, 2.75) is 83.4 Å². The zero-order valence-corrected chi connectivity index (χ0v) is 24.7. The Bertz CT molecular complexity index is 1030. The molecule has 1 aromatic carbocycles. The molecule has 0 aliphatic carbocycles. The van der Waals surface area contributed by atoms with Gasteiger partial charge < -0.3 is 24.8 Å². The molecule has 0 saturated carbocycles. The highest BCUT2D eigenvalue weighted by Crippen LogP contribution is 2.24. The zero-order chi connectivity index (χ0) is 30.4. The van der Waals surface area contributed by atoms with E-state index in [-0.39, 0.29) is 50.3 Å². The number of carbonyl (C=O) groups excluding carboxylic acids is 4. The summed E-state index contributed by atoms with van der Waals surface area (Å²) < 4.78 is 10.9. The Balaban J connectivity index is 1.97. The lowest BCUT2D eigenvalue weighted by atomic mass is 9.98. The second kappa shape index (κ2) is 16.7. The number of hydrogen-bond donors (Lipinski definition) is 2. The lowest BCUT2D eigenvalue weighted by Crippen LogP contribution is -2.45. The second-order valence-electron chi connectivity index (χ2n) is 11.5. The molecule has 0 spiro atoms. The van der Waals surface area contributed by atoms with E-state index in [1.54, 1.807) is 37.8 Å². The molecular formula is C32H46N2O7. The highest BCUT2D eigenvalue weighted by Gasteiger charge is 2.35. The Morgan fingerprint density at radius 2 is 1.73 bits per heavy atom. The third kappa shape index (κ3) is 11.9. The van der Waals surface area contributed by atoms with Gasteiger partial charge in [-0.2, -0.15) is 0 Å². The highest BCUT2D eigenvalue weighted by molar-refractivity contribution is 5.86. The van der Waals surface area contributed by atoms with Gasteiger partial charge in [-0.15, -0.1) is 13.2 Å². The fraction of sp³-hybridized carbons (Fsp3) is 0.562. The van der Waals surface area contributed by atoms with Crippen molar-refractivity contribution in [3.8, 4) is 0 Å². The van der Waals surface area contributed by atoms with Gasteiger partial charge in [0.15, 0.2) is 0 Å². The largest absolute Gasteiger partial charge is 0.463 e. The minimum Gasteiger partial charge on any atom is -0.463 e. The summed E-state index contributed by atoms with van der Waals surface area (Å²) in [5.74, 6) is -2.89. The smallest absolute Gasteiger partial charge is 0.309 e. The standard InChI is InChI=1S/C32H46N2O7/c1-6-12-24(19-28(36)33-26(21-35)18-23-14-9-8-10-15-23)30(38)34-17-11-16-27(34)22-40-31(39)25(13-7-2)20-29(37)41-32(3,4)5/h6-10,14-15,24-27,35H,1-2,11-13,16-22H2,3-5H3,(H,33,36)/t24-,25-,26-,27+/m0/s1. The molecule has 0 bridgehead atoms. The van der Waals surface area contributed by atoms with Gasteiger partial charge in [0.25, 0.3) is 0 Å². The number of aliphatic hydroxyl groups is 1. The number of allylic oxidation sites excluding steroid dienone is 2. The average molecular weight is 571 g/mol. The maximum Gasteiger partial charge on any atom is 0.309 e. The highest BCUT2D eigenvalue weighted by atomic mass is 16.6. The first kappa shape index (κ1) is 33.7. The topological polar surface area (TPSA) is 122 Å². The molecule has 0 radical (unpaired) electrons. The third-order valence-electron chi connectivity index (χ3n) is 6.84. The number of amides is 2. The normalized spacial score (nSPS) is 17.2. The third-order valence-corrected chi connectivity index (χ3v) is 6.84. The summed E-state index contributed by atoms with van der Waals surface area (Å²) in [6.45, 7) is 13.0. The number of aliphatic hydroxyl groups excluding tert-OH is 1. The molecule has 1 aliphatic heterocycles. The number of nitrogens with zero attached hydrogens (tertiary/aromatic N) is 1. The molecule has 1 fully saturated rings. The molecule has 226 valence electrons. The summed E-state index contributed by atoms with van der Waals surface area (Å²) in [6.07, 6.45) is 5.48. The van der Waals surface area contributed by atoms with E-state index in [9.17, 15) is 24.3 Å². The van der Waals surface area contributed by atoms with Gasteiger partial charge in [-0.3, -0.25) is 19.2 Å². The van der Waals surface area contributed by atoms with E-state index in [1.807, 2.05) is 30.3 Å². The van der Waals surface area contributed by atoms with Gasteiger partial charge in [-0.25, -0.2) is 0 Å². The molecule has 1 aliphatic rings. The predicted molar refractivity (Wildman–Crippen MR) is 157 cm³/mol. The van der Waals surface area contributed by atoms with E-state index in [1.165, 1.54) is 0 Å². The van der Waals surface area contributed by atoms with E-state index in [0.29, 0.717) is 25.8 Å². The molecule has 0 aromatic heterocycles.